The van der Waals surface area contributed by atoms with Crippen LogP contribution in [-0.2, 0) is 7.05 Å². The summed E-state index contributed by atoms with van der Waals surface area (Å²) in [6.45, 7) is 1.99. The normalized spacial score (nSPS) is 11.6. The van der Waals surface area contributed by atoms with E-state index in [4.69, 9.17) is 0 Å². The lowest BCUT2D eigenvalue weighted by Gasteiger charge is -2.04. The standard InChI is InChI=1S/C26H20FN5/c1-15-28-14-25(32(15)2)17-9-10-23-21(12-17)26(31-30-23)24-13-20-19(7-4-8-22(20)29-24)16-5-3-6-18(27)11-16/h3-14,29H,1-2H3,(H,30,31). The topological polar surface area (TPSA) is 62.3 Å². The van der Waals surface area contributed by atoms with Crippen molar-refractivity contribution in [1.29, 1.82) is 0 Å². The van der Waals surface area contributed by atoms with E-state index in [0.717, 1.165) is 61.4 Å². The molecule has 0 amide bonds. The molecular weight excluding hydrogens is 401 g/mol. The highest BCUT2D eigenvalue weighted by atomic mass is 19.1. The van der Waals surface area contributed by atoms with Crippen LogP contribution in [0.2, 0.25) is 0 Å². The molecule has 0 saturated carbocycles. The van der Waals surface area contributed by atoms with Crippen LogP contribution in [0, 0.1) is 12.7 Å². The molecular formula is C26H20FN5. The van der Waals surface area contributed by atoms with Gasteiger partial charge in [0.05, 0.1) is 23.1 Å². The van der Waals surface area contributed by atoms with E-state index in [2.05, 4.69) is 42.9 Å². The fraction of sp³-hybridized carbons (Fsp3) is 0.0769. The van der Waals surface area contributed by atoms with Crippen molar-refractivity contribution < 1.29 is 4.39 Å². The van der Waals surface area contributed by atoms with E-state index in [1.54, 1.807) is 12.1 Å². The van der Waals surface area contributed by atoms with Gasteiger partial charge in [-0.1, -0.05) is 30.3 Å². The van der Waals surface area contributed by atoms with Crippen molar-refractivity contribution in [2.75, 3.05) is 0 Å². The predicted octanol–water partition coefficient (Wildman–Crippen LogP) is 6.23. The van der Waals surface area contributed by atoms with Gasteiger partial charge in [-0.15, -0.1) is 0 Å². The molecule has 3 aromatic heterocycles. The molecule has 3 aromatic carbocycles. The lowest BCUT2D eigenvalue weighted by molar-refractivity contribution is 0.628. The zero-order chi connectivity index (χ0) is 21.8. The number of halogens is 1. The number of fused-ring (bicyclic) bond motifs is 2. The number of hydrogen-bond acceptors (Lipinski definition) is 2. The van der Waals surface area contributed by atoms with Gasteiger partial charge < -0.3 is 9.55 Å². The van der Waals surface area contributed by atoms with E-state index in [0.29, 0.717) is 0 Å². The highest BCUT2D eigenvalue weighted by Crippen LogP contribution is 2.35. The van der Waals surface area contributed by atoms with Gasteiger partial charge in [-0.05, 0) is 54.4 Å². The van der Waals surface area contributed by atoms with Gasteiger partial charge in [-0.3, -0.25) is 5.10 Å². The Labute approximate surface area is 183 Å². The predicted molar refractivity (Wildman–Crippen MR) is 126 cm³/mol. The number of imidazole rings is 1. The largest absolute Gasteiger partial charge is 0.353 e. The molecule has 156 valence electrons. The van der Waals surface area contributed by atoms with Crippen LogP contribution in [-0.4, -0.2) is 24.7 Å². The van der Waals surface area contributed by atoms with Gasteiger partial charge >= 0.3 is 0 Å². The van der Waals surface area contributed by atoms with Gasteiger partial charge in [0.2, 0.25) is 0 Å². The Balaban J connectivity index is 1.52. The van der Waals surface area contributed by atoms with E-state index < -0.39 is 0 Å². The van der Waals surface area contributed by atoms with Crippen LogP contribution in [0.25, 0.3) is 55.6 Å². The molecule has 32 heavy (non-hydrogen) atoms. The van der Waals surface area contributed by atoms with E-state index >= 15 is 0 Å². The summed E-state index contributed by atoms with van der Waals surface area (Å²) in [4.78, 5) is 7.92. The van der Waals surface area contributed by atoms with E-state index in [1.165, 1.54) is 6.07 Å². The average molecular weight is 421 g/mol. The maximum absolute atomic E-state index is 13.8. The molecule has 0 saturated heterocycles. The fourth-order valence-corrected chi connectivity index (χ4v) is 4.34. The van der Waals surface area contributed by atoms with Gasteiger partial charge in [0.1, 0.15) is 17.3 Å². The minimum Gasteiger partial charge on any atom is -0.353 e. The Morgan fingerprint density at radius 3 is 2.56 bits per heavy atom. The van der Waals surface area contributed by atoms with Crippen molar-refractivity contribution >= 4 is 21.8 Å². The first kappa shape index (κ1) is 18.6. The molecule has 0 bridgehead atoms. The number of nitrogens with zero attached hydrogens (tertiary/aromatic N) is 3. The number of nitrogens with one attached hydrogen (secondary N) is 2. The summed E-state index contributed by atoms with van der Waals surface area (Å²) in [7, 11) is 2.02. The first-order chi connectivity index (χ1) is 15.6. The number of aromatic amines is 2. The van der Waals surface area contributed by atoms with Crippen LogP contribution >= 0.6 is 0 Å². The number of aryl methyl sites for hydroxylation is 1. The Morgan fingerprint density at radius 1 is 0.875 bits per heavy atom. The Bertz CT molecular complexity index is 1620. The minimum absolute atomic E-state index is 0.244. The van der Waals surface area contributed by atoms with Gasteiger partial charge in [0, 0.05) is 28.9 Å². The van der Waals surface area contributed by atoms with Gasteiger partial charge in [-0.25, -0.2) is 9.37 Å². The number of aromatic nitrogens is 5. The first-order valence-electron chi connectivity index (χ1n) is 10.4. The number of hydrogen-bond donors (Lipinski definition) is 2. The summed E-state index contributed by atoms with van der Waals surface area (Å²) in [5, 5.41) is 9.80. The fourth-order valence-electron chi connectivity index (χ4n) is 4.34. The first-order valence-corrected chi connectivity index (χ1v) is 10.4. The van der Waals surface area contributed by atoms with Crippen molar-refractivity contribution in [3.05, 3.63) is 84.6 Å². The van der Waals surface area contributed by atoms with Crippen molar-refractivity contribution in [1.82, 2.24) is 24.7 Å². The molecule has 0 fully saturated rings. The average Bonchev–Trinajstić information content (AvgIpc) is 3.50. The second-order valence-electron chi connectivity index (χ2n) is 8.04. The Kier molecular flexibility index (Phi) is 4.01. The number of H-pyrrole nitrogens is 2. The SMILES string of the molecule is Cc1ncc(-c2ccc3[nH]nc(-c4cc5c(-c6cccc(F)c6)cccc5[nH]4)c3c2)n1C. The highest BCUT2D eigenvalue weighted by molar-refractivity contribution is 6.01. The van der Waals surface area contributed by atoms with Crippen molar-refractivity contribution in [2.24, 2.45) is 7.05 Å². The summed E-state index contributed by atoms with van der Waals surface area (Å²) in [6.07, 6.45) is 1.89. The molecule has 0 atom stereocenters. The quantitative estimate of drug-likeness (QED) is 0.356. The van der Waals surface area contributed by atoms with Crippen LogP contribution < -0.4 is 0 Å². The van der Waals surface area contributed by atoms with Crippen molar-refractivity contribution in [3.63, 3.8) is 0 Å². The molecule has 2 N–H and O–H groups in total. The monoisotopic (exact) mass is 421 g/mol. The smallest absolute Gasteiger partial charge is 0.123 e. The molecule has 5 nitrogen and oxygen atoms in total. The maximum Gasteiger partial charge on any atom is 0.123 e. The molecule has 0 unspecified atom stereocenters. The van der Waals surface area contributed by atoms with Crippen LogP contribution in [0.4, 0.5) is 4.39 Å². The third-order valence-corrected chi connectivity index (χ3v) is 6.13. The molecule has 0 radical (unpaired) electrons. The van der Waals surface area contributed by atoms with Crippen LogP contribution in [0.3, 0.4) is 0 Å². The third-order valence-electron chi connectivity index (χ3n) is 6.13. The highest BCUT2D eigenvalue weighted by Gasteiger charge is 2.15. The third kappa shape index (κ3) is 2.84. The summed E-state index contributed by atoms with van der Waals surface area (Å²) < 4.78 is 15.9. The molecule has 6 rings (SSSR count). The van der Waals surface area contributed by atoms with Crippen molar-refractivity contribution in [3.8, 4) is 33.8 Å². The van der Waals surface area contributed by atoms with Crippen LogP contribution in [0.5, 0.6) is 0 Å². The molecule has 0 spiro atoms. The van der Waals surface area contributed by atoms with Crippen LogP contribution in [0.15, 0.2) is 72.9 Å². The van der Waals surface area contributed by atoms with E-state index in [1.807, 2.05) is 50.5 Å². The second kappa shape index (κ2) is 6.92. The van der Waals surface area contributed by atoms with Gasteiger partial charge in [0.15, 0.2) is 0 Å². The van der Waals surface area contributed by atoms with E-state index in [-0.39, 0.29) is 5.82 Å². The summed E-state index contributed by atoms with van der Waals surface area (Å²) in [5.41, 5.74) is 7.68. The Morgan fingerprint density at radius 2 is 1.75 bits per heavy atom. The second-order valence-corrected chi connectivity index (χ2v) is 8.04. The maximum atomic E-state index is 13.8. The lowest BCUT2D eigenvalue weighted by atomic mass is 10.0. The molecule has 0 aliphatic carbocycles. The summed E-state index contributed by atoms with van der Waals surface area (Å²) in [5.74, 6) is 0.722. The molecule has 6 aromatic rings. The Hall–Kier alpha value is -4.19. The molecule has 0 aliphatic rings. The number of rotatable bonds is 3. The summed E-state index contributed by atoms with van der Waals surface area (Å²) >= 11 is 0. The van der Waals surface area contributed by atoms with E-state index in [9.17, 15) is 4.39 Å². The zero-order valence-corrected chi connectivity index (χ0v) is 17.6. The van der Waals surface area contributed by atoms with Crippen LogP contribution in [0.1, 0.15) is 5.82 Å². The molecule has 6 heteroatoms. The minimum atomic E-state index is -0.244. The number of benzene rings is 3. The lowest BCUT2D eigenvalue weighted by Crippen LogP contribution is -1.94. The molecule has 0 aliphatic heterocycles. The van der Waals surface area contributed by atoms with Gasteiger partial charge in [-0.2, -0.15) is 5.10 Å². The molecule has 3 heterocycles. The van der Waals surface area contributed by atoms with Gasteiger partial charge in [0.25, 0.3) is 0 Å². The summed E-state index contributed by atoms with van der Waals surface area (Å²) in [6, 6.07) is 21.1. The van der Waals surface area contributed by atoms with Crippen molar-refractivity contribution in [2.45, 2.75) is 6.92 Å². The zero-order valence-electron chi connectivity index (χ0n) is 17.6.